The third-order valence-corrected chi connectivity index (χ3v) is 4.01. The van der Waals surface area contributed by atoms with Gasteiger partial charge >= 0.3 is 0 Å². The van der Waals surface area contributed by atoms with Gasteiger partial charge in [0.15, 0.2) is 24.2 Å². The minimum Gasteiger partial charge on any atom is -0.493 e. The maximum Gasteiger partial charge on any atom is 0.267 e. The molecule has 0 aromatic heterocycles. The van der Waals surface area contributed by atoms with Crippen LogP contribution in [0.2, 0.25) is 0 Å². The number of methoxy groups -OCH3 is 1. The van der Waals surface area contributed by atoms with Crippen molar-refractivity contribution in [3.8, 4) is 17.2 Å². The van der Waals surface area contributed by atoms with Crippen LogP contribution in [0.5, 0.6) is 17.2 Å². The van der Waals surface area contributed by atoms with Crippen LogP contribution < -0.4 is 24.4 Å². The fraction of sp³-hybridized carbons (Fsp3) is 0.263. The van der Waals surface area contributed by atoms with Crippen molar-refractivity contribution < 1.29 is 23.8 Å². The number of ether oxygens (including phenoxy) is 3. The Morgan fingerprint density at radius 3 is 2.69 bits per heavy atom. The summed E-state index contributed by atoms with van der Waals surface area (Å²) in [6.07, 6.45) is -0.526. The summed E-state index contributed by atoms with van der Waals surface area (Å²) in [4.78, 5) is 25.7. The van der Waals surface area contributed by atoms with Gasteiger partial charge in [-0.1, -0.05) is 12.1 Å². The Labute approximate surface area is 151 Å². The van der Waals surface area contributed by atoms with Crippen molar-refractivity contribution >= 4 is 23.2 Å². The number of nitrogens with zero attached hydrogens (tertiary/aromatic N) is 1. The van der Waals surface area contributed by atoms with Crippen molar-refractivity contribution in [3.63, 3.8) is 0 Å². The molecule has 0 saturated heterocycles. The fourth-order valence-electron chi connectivity index (χ4n) is 2.67. The molecule has 0 aliphatic carbocycles. The minimum atomic E-state index is -0.526. The number of nitrogens with one attached hydrogen (secondary N) is 1. The van der Waals surface area contributed by atoms with E-state index in [0.29, 0.717) is 28.6 Å². The van der Waals surface area contributed by atoms with Crippen molar-refractivity contribution in [3.05, 3.63) is 42.5 Å². The number of para-hydroxylation sites is 2. The average Bonchev–Trinajstić information content (AvgIpc) is 2.65. The topological polar surface area (TPSA) is 77.1 Å². The van der Waals surface area contributed by atoms with Gasteiger partial charge in [0.25, 0.3) is 11.8 Å². The van der Waals surface area contributed by atoms with E-state index in [1.54, 1.807) is 50.4 Å². The second-order valence-electron chi connectivity index (χ2n) is 5.83. The summed E-state index contributed by atoms with van der Waals surface area (Å²) < 4.78 is 16.2. The summed E-state index contributed by atoms with van der Waals surface area (Å²) in [6.45, 7) is 1.53. The molecule has 2 aromatic carbocycles. The van der Waals surface area contributed by atoms with E-state index in [1.165, 1.54) is 12.0 Å². The first-order valence-corrected chi connectivity index (χ1v) is 8.13. The Morgan fingerprint density at radius 2 is 1.96 bits per heavy atom. The molecule has 0 spiro atoms. The lowest BCUT2D eigenvalue weighted by Gasteiger charge is -2.30. The quantitative estimate of drug-likeness (QED) is 0.890. The van der Waals surface area contributed by atoms with Crippen molar-refractivity contribution in [1.29, 1.82) is 0 Å². The van der Waals surface area contributed by atoms with E-state index in [-0.39, 0.29) is 18.4 Å². The molecule has 2 aromatic rings. The molecule has 0 bridgehead atoms. The predicted octanol–water partition coefficient (Wildman–Crippen LogP) is 2.46. The Morgan fingerprint density at radius 1 is 1.23 bits per heavy atom. The monoisotopic (exact) mass is 356 g/mol. The second kappa shape index (κ2) is 7.35. The Bertz CT molecular complexity index is 836. The van der Waals surface area contributed by atoms with Crippen molar-refractivity contribution in [2.24, 2.45) is 0 Å². The molecule has 3 rings (SSSR count). The summed E-state index contributed by atoms with van der Waals surface area (Å²) in [5.41, 5.74) is 1.16. The second-order valence-corrected chi connectivity index (χ2v) is 5.83. The molecular weight excluding hydrogens is 336 g/mol. The van der Waals surface area contributed by atoms with Crippen LogP contribution in [0.4, 0.5) is 11.4 Å². The van der Waals surface area contributed by atoms with Gasteiger partial charge in [0.05, 0.1) is 12.8 Å². The smallest absolute Gasteiger partial charge is 0.267 e. The molecule has 1 N–H and O–H groups in total. The molecule has 0 fully saturated rings. The molecule has 1 unspecified atom stereocenters. The summed E-state index contributed by atoms with van der Waals surface area (Å²) in [6, 6.07) is 12.2. The highest BCUT2D eigenvalue weighted by Crippen LogP contribution is 2.35. The van der Waals surface area contributed by atoms with Crippen LogP contribution in [0.3, 0.4) is 0 Å². The molecule has 0 saturated carbocycles. The van der Waals surface area contributed by atoms with Gasteiger partial charge in [-0.15, -0.1) is 0 Å². The number of benzene rings is 2. The zero-order valence-corrected chi connectivity index (χ0v) is 14.8. The van der Waals surface area contributed by atoms with Crippen LogP contribution in [-0.2, 0) is 9.59 Å². The maximum atomic E-state index is 12.2. The lowest BCUT2D eigenvalue weighted by atomic mass is 10.2. The van der Waals surface area contributed by atoms with E-state index in [4.69, 9.17) is 14.2 Å². The van der Waals surface area contributed by atoms with E-state index in [0.717, 1.165) is 0 Å². The lowest BCUT2D eigenvalue weighted by molar-refractivity contribution is -0.125. The number of carbonyl (C=O) groups excluding carboxylic acids is 2. The molecule has 1 atom stereocenters. The van der Waals surface area contributed by atoms with Gasteiger partial charge in [-0.2, -0.15) is 0 Å². The number of likely N-dealkylation sites (N-methyl/N-ethyl adjacent to an activating group) is 1. The third-order valence-electron chi connectivity index (χ3n) is 4.01. The van der Waals surface area contributed by atoms with Crippen LogP contribution in [0, 0.1) is 0 Å². The van der Waals surface area contributed by atoms with Gasteiger partial charge < -0.3 is 24.4 Å². The SMILES string of the molecule is COc1ccccc1OCC(=O)Nc1ccc2c(c1)N(C)C(=O)C(C)O2. The molecule has 1 heterocycles. The summed E-state index contributed by atoms with van der Waals surface area (Å²) in [7, 11) is 3.21. The average molecular weight is 356 g/mol. The molecule has 1 aliphatic rings. The van der Waals surface area contributed by atoms with Crippen LogP contribution in [0.15, 0.2) is 42.5 Å². The lowest BCUT2D eigenvalue weighted by Crippen LogP contribution is -2.42. The van der Waals surface area contributed by atoms with E-state index < -0.39 is 6.10 Å². The Hall–Kier alpha value is -3.22. The van der Waals surface area contributed by atoms with Crippen LogP contribution in [-0.4, -0.2) is 38.7 Å². The fourth-order valence-corrected chi connectivity index (χ4v) is 2.67. The molecule has 1 aliphatic heterocycles. The number of carbonyl (C=O) groups is 2. The highest BCUT2D eigenvalue weighted by atomic mass is 16.5. The minimum absolute atomic E-state index is 0.138. The van der Waals surface area contributed by atoms with E-state index >= 15 is 0 Å². The van der Waals surface area contributed by atoms with Crippen molar-refractivity contribution in [2.45, 2.75) is 13.0 Å². The maximum absolute atomic E-state index is 12.2. The largest absolute Gasteiger partial charge is 0.493 e. The number of rotatable bonds is 5. The number of hydrogen-bond donors (Lipinski definition) is 1. The van der Waals surface area contributed by atoms with E-state index in [1.807, 2.05) is 6.07 Å². The molecule has 7 nitrogen and oxygen atoms in total. The predicted molar refractivity (Wildman–Crippen MR) is 97.1 cm³/mol. The molecule has 0 radical (unpaired) electrons. The number of anilines is 2. The van der Waals surface area contributed by atoms with Gasteiger partial charge in [0, 0.05) is 12.7 Å². The van der Waals surface area contributed by atoms with Crippen LogP contribution >= 0.6 is 0 Å². The summed E-state index contributed by atoms with van der Waals surface area (Å²) >= 11 is 0. The van der Waals surface area contributed by atoms with Gasteiger partial charge in [-0.05, 0) is 37.3 Å². The van der Waals surface area contributed by atoms with Crippen molar-refractivity contribution in [1.82, 2.24) is 0 Å². The van der Waals surface area contributed by atoms with Gasteiger partial charge in [0.1, 0.15) is 5.75 Å². The van der Waals surface area contributed by atoms with Crippen molar-refractivity contribution in [2.75, 3.05) is 31.0 Å². The summed E-state index contributed by atoms with van der Waals surface area (Å²) in [5, 5.41) is 2.75. The Balaban J connectivity index is 1.66. The standard InChI is InChI=1S/C19H20N2O5/c1-12-19(23)21(2)14-10-13(8-9-15(14)26-12)20-18(22)11-25-17-7-5-4-6-16(17)24-3/h4-10,12H,11H2,1-3H3,(H,20,22). The first-order chi connectivity index (χ1) is 12.5. The highest BCUT2D eigenvalue weighted by Gasteiger charge is 2.29. The van der Waals surface area contributed by atoms with Crippen LogP contribution in [0.25, 0.3) is 0 Å². The summed E-state index contributed by atoms with van der Waals surface area (Å²) in [5.74, 6) is 1.18. The highest BCUT2D eigenvalue weighted by molar-refractivity contribution is 6.00. The zero-order valence-electron chi connectivity index (χ0n) is 14.8. The van der Waals surface area contributed by atoms with E-state index in [9.17, 15) is 9.59 Å². The first kappa shape index (κ1) is 17.6. The van der Waals surface area contributed by atoms with Gasteiger partial charge in [0.2, 0.25) is 0 Å². The Kier molecular flexibility index (Phi) is 4.97. The molecular formula is C19H20N2O5. The molecule has 7 heteroatoms. The first-order valence-electron chi connectivity index (χ1n) is 8.13. The third kappa shape index (κ3) is 3.56. The zero-order chi connectivity index (χ0) is 18.7. The van der Waals surface area contributed by atoms with E-state index in [2.05, 4.69) is 5.32 Å². The molecule has 2 amide bonds. The number of fused-ring (bicyclic) bond motifs is 1. The number of amides is 2. The van der Waals surface area contributed by atoms with Crippen LogP contribution in [0.1, 0.15) is 6.92 Å². The van der Waals surface area contributed by atoms with Gasteiger partial charge in [-0.25, -0.2) is 0 Å². The van der Waals surface area contributed by atoms with Gasteiger partial charge in [-0.3, -0.25) is 9.59 Å². The normalized spacial score (nSPS) is 15.7. The molecule has 26 heavy (non-hydrogen) atoms. The molecule has 136 valence electrons. The number of hydrogen-bond acceptors (Lipinski definition) is 5.